The number of methoxy groups -OCH3 is 1. The van der Waals surface area contributed by atoms with Gasteiger partial charge in [-0.05, 0) is 28.8 Å². The van der Waals surface area contributed by atoms with Crippen molar-refractivity contribution >= 4 is 27.8 Å². The normalized spacial score (nSPS) is 16.1. The zero-order valence-electron chi connectivity index (χ0n) is 12.0. The van der Waals surface area contributed by atoms with Gasteiger partial charge in [-0.2, -0.15) is 4.98 Å². The van der Waals surface area contributed by atoms with Gasteiger partial charge in [0.2, 0.25) is 17.7 Å². The van der Waals surface area contributed by atoms with E-state index in [2.05, 4.69) is 30.8 Å². The SMILES string of the molecule is COc1nc(N2CCC(C(=O)N(C)C)CC2)ncc1Br. The number of carbonyl (C=O) groups is 1. The molecule has 0 N–H and O–H groups in total. The first-order valence-electron chi connectivity index (χ1n) is 6.55. The van der Waals surface area contributed by atoms with Gasteiger partial charge in [0, 0.05) is 33.1 Å². The molecule has 0 aliphatic carbocycles. The molecule has 1 aliphatic heterocycles. The third kappa shape index (κ3) is 3.20. The van der Waals surface area contributed by atoms with Crippen LogP contribution in [0.15, 0.2) is 10.7 Å². The summed E-state index contributed by atoms with van der Waals surface area (Å²) >= 11 is 3.34. The summed E-state index contributed by atoms with van der Waals surface area (Å²) in [6.45, 7) is 1.57. The van der Waals surface area contributed by atoms with Crippen LogP contribution in [-0.4, -0.2) is 55.1 Å². The Balaban J connectivity index is 2.02. The van der Waals surface area contributed by atoms with E-state index in [1.165, 1.54) is 0 Å². The van der Waals surface area contributed by atoms with Crippen LogP contribution in [0, 0.1) is 5.92 Å². The van der Waals surface area contributed by atoms with Gasteiger partial charge < -0.3 is 14.5 Å². The second-order valence-corrected chi connectivity index (χ2v) is 5.88. The van der Waals surface area contributed by atoms with Gasteiger partial charge in [0.05, 0.1) is 17.8 Å². The van der Waals surface area contributed by atoms with Crippen molar-refractivity contribution in [1.82, 2.24) is 14.9 Å². The van der Waals surface area contributed by atoms with Gasteiger partial charge >= 0.3 is 0 Å². The molecule has 1 aromatic rings. The predicted molar refractivity (Wildman–Crippen MR) is 79.9 cm³/mol. The van der Waals surface area contributed by atoms with E-state index in [-0.39, 0.29) is 11.8 Å². The molecule has 1 fully saturated rings. The Morgan fingerprint density at radius 1 is 1.45 bits per heavy atom. The topological polar surface area (TPSA) is 58.6 Å². The fourth-order valence-corrected chi connectivity index (χ4v) is 2.68. The Labute approximate surface area is 127 Å². The van der Waals surface area contributed by atoms with Gasteiger partial charge in [0.25, 0.3) is 0 Å². The fraction of sp³-hybridized carbons (Fsp3) is 0.615. The number of rotatable bonds is 3. The van der Waals surface area contributed by atoms with Gasteiger partial charge in [-0.1, -0.05) is 0 Å². The van der Waals surface area contributed by atoms with Crippen LogP contribution in [0.1, 0.15) is 12.8 Å². The van der Waals surface area contributed by atoms with Crippen molar-refractivity contribution in [2.75, 3.05) is 39.2 Å². The van der Waals surface area contributed by atoms with Crippen LogP contribution in [0.2, 0.25) is 0 Å². The zero-order chi connectivity index (χ0) is 14.7. The van der Waals surface area contributed by atoms with Crippen molar-refractivity contribution in [1.29, 1.82) is 0 Å². The van der Waals surface area contributed by atoms with Crippen LogP contribution in [-0.2, 0) is 4.79 Å². The molecule has 0 atom stereocenters. The van der Waals surface area contributed by atoms with Crippen molar-refractivity contribution in [3.63, 3.8) is 0 Å². The largest absolute Gasteiger partial charge is 0.480 e. The van der Waals surface area contributed by atoms with Crippen LogP contribution in [0.4, 0.5) is 5.95 Å². The molecule has 1 aromatic heterocycles. The number of hydrogen-bond donors (Lipinski definition) is 0. The quantitative estimate of drug-likeness (QED) is 0.834. The number of carbonyl (C=O) groups excluding carboxylic acids is 1. The smallest absolute Gasteiger partial charge is 0.232 e. The fourth-order valence-electron chi connectivity index (χ4n) is 2.33. The first-order valence-corrected chi connectivity index (χ1v) is 7.35. The van der Waals surface area contributed by atoms with Crippen molar-refractivity contribution in [2.24, 2.45) is 5.92 Å². The first kappa shape index (κ1) is 15.0. The third-order valence-electron chi connectivity index (χ3n) is 3.46. The number of amides is 1. The van der Waals surface area contributed by atoms with E-state index in [1.54, 1.807) is 32.3 Å². The summed E-state index contributed by atoms with van der Waals surface area (Å²) in [6.07, 6.45) is 3.36. The van der Waals surface area contributed by atoms with E-state index in [4.69, 9.17) is 4.74 Å². The molecule has 7 heteroatoms. The maximum atomic E-state index is 11.9. The molecule has 20 heavy (non-hydrogen) atoms. The summed E-state index contributed by atoms with van der Waals surface area (Å²) < 4.78 is 5.92. The van der Waals surface area contributed by atoms with E-state index in [0.717, 1.165) is 30.4 Å². The van der Waals surface area contributed by atoms with Crippen LogP contribution >= 0.6 is 15.9 Å². The van der Waals surface area contributed by atoms with Crippen molar-refractivity contribution < 1.29 is 9.53 Å². The minimum Gasteiger partial charge on any atom is -0.480 e. The standard InChI is InChI=1S/C13H19BrN4O2/c1-17(2)12(19)9-4-6-18(7-5-9)13-15-8-10(14)11(16-13)20-3/h8-9H,4-7H2,1-3H3. The molecule has 0 saturated carbocycles. The van der Waals surface area contributed by atoms with Crippen LogP contribution in [0.25, 0.3) is 0 Å². The molecule has 0 bridgehead atoms. The summed E-state index contributed by atoms with van der Waals surface area (Å²) in [5.41, 5.74) is 0. The maximum Gasteiger partial charge on any atom is 0.232 e. The van der Waals surface area contributed by atoms with Gasteiger partial charge in [0.1, 0.15) is 0 Å². The third-order valence-corrected chi connectivity index (χ3v) is 4.00. The Bertz CT molecular complexity index is 487. The Kier molecular flexibility index (Phi) is 4.80. The lowest BCUT2D eigenvalue weighted by molar-refractivity contribution is -0.133. The summed E-state index contributed by atoms with van der Waals surface area (Å²) in [4.78, 5) is 24.4. The minimum atomic E-state index is 0.110. The van der Waals surface area contributed by atoms with Crippen LogP contribution in [0.5, 0.6) is 5.88 Å². The average Bonchev–Trinajstić information content (AvgIpc) is 2.47. The zero-order valence-corrected chi connectivity index (χ0v) is 13.6. The lowest BCUT2D eigenvalue weighted by atomic mass is 9.96. The van der Waals surface area contributed by atoms with E-state index in [0.29, 0.717) is 11.8 Å². The first-order chi connectivity index (χ1) is 9.52. The second-order valence-electron chi connectivity index (χ2n) is 5.02. The van der Waals surface area contributed by atoms with Crippen molar-refractivity contribution in [2.45, 2.75) is 12.8 Å². The van der Waals surface area contributed by atoms with Crippen LogP contribution < -0.4 is 9.64 Å². The summed E-state index contributed by atoms with van der Waals surface area (Å²) in [7, 11) is 5.19. The highest BCUT2D eigenvalue weighted by Crippen LogP contribution is 2.26. The van der Waals surface area contributed by atoms with E-state index < -0.39 is 0 Å². The molecule has 0 radical (unpaired) electrons. The molecule has 0 aromatic carbocycles. The monoisotopic (exact) mass is 342 g/mol. The molecule has 0 spiro atoms. The predicted octanol–water partition coefficient (Wildman–Crippen LogP) is 1.55. The summed E-state index contributed by atoms with van der Waals surface area (Å²) in [6, 6.07) is 0. The molecule has 1 aliphatic rings. The lowest BCUT2D eigenvalue weighted by Crippen LogP contribution is -2.40. The Morgan fingerprint density at radius 2 is 2.10 bits per heavy atom. The highest BCUT2D eigenvalue weighted by molar-refractivity contribution is 9.10. The molecular weight excluding hydrogens is 324 g/mol. The van der Waals surface area contributed by atoms with E-state index in [1.807, 2.05) is 0 Å². The van der Waals surface area contributed by atoms with E-state index in [9.17, 15) is 4.79 Å². The van der Waals surface area contributed by atoms with Gasteiger partial charge in [-0.3, -0.25) is 4.79 Å². The molecule has 1 saturated heterocycles. The van der Waals surface area contributed by atoms with Crippen LogP contribution in [0.3, 0.4) is 0 Å². The molecular formula is C13H19BrN4O2. The van der Waals surface area contributed by atoms with Gasteiger partial charge in [-0.15, -0.1) is 0 Å². The molecule has 110 valence electrons. The number of halogens is 1. The molecule has 2 heterocycles. The number of anilines is 1. The minimum absolute atomic E-state index is 0.110. The molecule has 2 rings (SSSR count). The maximum absolute atomic E-state index is 11.9. The number of hydrogen-bond acceptors (Lipinski definition) is 5. The Morgan fingerprint density at radius 3 is 2.65 bits per heavy atom. The summed E-state index contributed by atoms with van der Waals surface area (Å²) in [5.74, 6) is 1.50. The molecule has 1 amide bonds. The number of piperidine rings is 1. The van der Waals surface area contributed by atoms with Crippen molar-refractivity contribution in [3.8, 4) is 5.88 Å². The van der Waals surface area contributed by atoms with E-state index >= 15 is 0 Å². The van der Waals surface area contributed by atoms with Gasteiger partial charge in [0.15, 0.2) is 0 Å². The summed E-state index contributed by atoms with van der Waals surface area (Å²) in [5, 5.41) is 0. The molecule has 6 nitrogen and oxygen atoms in total. The average molecular weight is 343 g/mol. The highest BCUT2D eigenvalue weighted by atomic mass is 79.9. The molecule has 0 unspecified atom stereocenters. The Hall–Kier alpha value is -1.37. The number of aromatic nitrogens is 2. The van der Waals surface area contributed by atoms with Crippen molar-refractivity contribution in [3.05, 3.63) is 10.7 Å². The second kappa shape index (κ2) is 6.39. The van der Waals surface area contributed by atoms with Gasteiger partial charge in [-0.25, -0.2) is 4.98 Å². The number of nitrogens with zero attached hydrogens (tertiary/aromatic N) is 4. The highest BCUT2D eigenvalue weighted by Gasteiger charge is 2.27. The number of ether oxygens (including phenoxy) is 1. The lowest BCUT2D eigenvalue weighted by Gasteiger charge is -2.32.